The number of alkyl halides is 3. The number of aryl methyl sites for hydroxylation is 1. The van der Waals surface area contributed by atoms with Gasteiger partial charge in [-0.2, -0.15) is 13.2 Å². The lowest BCUT2D eigenvalue weighted by molar-refractivity contribution is -0.137. The van der Waals surface area contributed by atoms with Crippen molar-refractivity contribution in [1.29, 1.82) is 0 Å². The summed E-state index contributed by atoms with van der Waals surface area (Å²) in [5.41, 5.74) is 0.0224. The molecule has 2 atom stereocenters. The number of halogens is 3. The summed E-state index contributed by atoms with van der Waals surface area (Å²) >= 11 is 0. The number of nitrogens with zero attached hydrogens (tertiary/aromatic N) is 2. The Morgan fingerprint density at radius 2 is 2.00 bits per heavy atom. The number of aromatic nitrogens is 2. The molecule has 7 heteroatoms. The van der Waals surface area contributed by atoms with Gasteiger partial charge in [0.1, 0.15) is 0 Å². The average Bonchev–Trinajstić information content (AvgIpc) is 3.24. The molecule has 2 aromatic rings. The van der Waals surface area contributed by atoms with Crippen LogP contribution in [0.25, 0.3) is 0 Å². The van der Waals surface area contributed by atoms with Gasteiger partial charge in [-0.25, -0.2) is 0 Å². The van der Waals surface area contributed by atoms with Crippen LogP contribution in [0.2, 0.25) is 0 Å². The molecule has 1 aliphatic carbocycles. The molecule has 4 nitrogen and oxygen atoms in total. The van der Waals surface area contributed by atoms with Crippen LogP contribution in [0.4, 0.5) is 13.2 Å². The first-order valence-corrected chi connectivity index (χ1v) is 7.58. The van der Waals surface area contributed by atoms with E-state index >= 15 is 0 Å². The zero-order valence-electron chi connectivity index (χ0n) is 12.9. The van der Waals surface area contributed by atoms with E-state index in [0.29, 0.717) is 23.3 Å². The van der Waals surface area contributed by atoms with Crippen molar-refractivity contribution in [3.63, 3.8) is 0 Å². The van der Waals surface area contributed by atoms with Crippen LogP contribution in [0, 0.1) is 12.8 Å². The second-order valence-corrected chi connectivity index (χ2v) is 5.99. The van der Waals surface area contributed by atoms with E-state index < -0.39 is 11.7 Å². The van der Waals surface area contributed by atoms with Crippen molar-refractivity contribution in [1.82, 2.24) is 15.5 Å². The van der Waals surface area contributed by atoms with Gasteiger partial charge in [-0.05, 0) is 43.4 Å². The fourth-order valence-electron chi connectivity index (χ4n) is 2.67. The number of hydrogen-bond donors (Lipinski definition) is 1. The molecule has 23 heavy (non-hydrogen) atoms. The van der Waals surface area contributed by atoms with Crippen molar-refractivity contribution in [2.75, 3.05) is 0 Å². The standard InChI is InChI=1S/C16H18F3N3O/c1-9(15-22-21-10(2)23-15)20-14(11-6-7-11)12-4-3-5-13(8-12)16(17,18)19/h3-5,8-9,11,14,20H,6-7H2,1-2H3. The quantitative estimate of drug-likeness (QED) is 0.895. The van der Waals surface area contributed by atoms with Gasteiger partial charge in [-0.1, -0.05) is 12.1 Å². The molecule has 2 unspecified atom stereocenters. The van der Waals surface area contributed by atoms with Crippen LogP contribution in [0.3, 0.4) is 0 Å². The van der Waals surface area contributed by atoms with Crippen LogP contribution in [0.1, 0.15) is 54.8 Å². The molecule has 0 bridgehead atoms. The summed E-state index contributed by atoms with van der Waals surface area (Å²) < 4.78 is 44.2. The number of rotatable bonds is 5. The summed E-state index contributed by atoms with van der Waals surface area (Å²) in [6.45, 7) is 3.57. The molecule has 0 saturated heterocycles. The van der Waals surface area contributed by atoms with Crippen LogP contribution in [-0.2, 0) is 6.18 Å². The zero-order valence-corrected chi connectivity index (χ0v) is 12.9. The Morgan fingerprint density at radius 3 is 2.57 bits per heavy atom. The molecule has 3 rings (SSSR count). The molecule has 1 fully saturated rings. The monoisotopic (exact) mass is 325 g/mol. The molecular formula is C16H18F3N3O. The molecule has 1 N–H and O–H groups in total. The Hall–Kier alpha value is -1.89. The largest absolute Gasteiger partial charge is 0.424 e. The van der Waals surface area contributed by atoms with Gasteiger partial charge in [-0.3, -0.25) is 5.32 Å². The third-order valence-corrected chi connectivity index (χ3v) is 4.01. The van der Waals surface area contributed by atoms with Crippen molar-refractivity contribution < 1.29 is 17.6 Å². The number of benzene rings is 1. The fourth-order valence-corrected chi connectivity index (χ4v) is 2.67. The van der Waals surface area contributed by atoms with E-state index in [2.05, 4.69) is 15.5 Å². The maximum atomic E-state index is 12.9. The molecule has 0 amide bonds. The van der Waals surface area contributed by atoms with E-state index in [1.807, 2.05) is 6.92 Å². The van der Waals surface area contributed by atoms with E-state index in [9.17, 15) is 13.2 Å². The van der Waals surface area contributed by atoms with Gasteiger partial charge < -0.3 is 4.42 Å². The third kappa shape index (κ3) is 3.72. The van der Waals surface area contributed by atoms with E-state index in [-0.39, 0.29) is 12.1 Å². The lowest BCUT2D eigenvalue weighted by Gasteiger charge is -2.22. The minimum atomic E-state index is -4.33. The van der Waals surface area contributed by atoms with Crippen molar-refractivity contribution in [2.24, 2.45) is 5.92 Å². The van der Waals surface area contributed by atoms with E-state index in [1.165, 1.54) is 12.1 Å². The lowest BCUT2D eigenvalue weighted by Crippen LogP contribution is -2.26. The Bertz CT molecular complexity index is 679. The fraction of sp³-hybridized carbons (Fsp3) is 0.500. The SMILES string of the molecule is Cc1nnc(C(C)NC(c2cccc(C(F)(F)F)c2)C2CC2)o1. The molecule has 0 radical (unpaired) electrons. The van der Waals surface area contributed by atoms with Crippen molar-refractivity contribution >= 4 is 0 Å². The van der Waals surface area contributed by atoms with Crippen molar-refractivity contribution in [3.8, 4) is 0 Å². The van der Waals surface area contributed by atoms with Crippen molar-refractivity contribution in [2.45, 2.75) is 44.9 Å². The first-order valence-electron chi connectivity index (χ1n) is 7.58. The summed E-state index contributed by atoms with van der Waals surface area (Å²) in [4.78, 5) is 0. The van der Waals surface area contributed by atoms with Gasteiger partial charge in [0.2, 0.25) is 11.8 Å². The molecule has 124 valence electrons. The van der Waals surface area contributed by atoms with Crippen LogP contribution in [-0.4, -0.2) is 10.2 Å². The van der Waals surface area contributed by atoms with Gasteiger partial charge in [0.15, 0.2) is 0 Å². The second-order valence-electron chi connectivity index (χ2n) is 5.99. The van der Waals surface area contributed by atoms with E-state index in [0.717, 1.165) is 18.9 Å². The normalized spacial score (nSPS) is 18.0. The highest BCUT2D eigenvalue weighted by molar-refractivity contribution is 5.29. The minimum Gasteiger partial charge on any atom is -0.424 e. The summed E-state index contributed by atoms with van der Waals surface area (Å²) in [6.07, 6.45) is -2.33. The molecule has 1 heterocycles. The Balaban J connectivity index is 1.82. The van der Waals surface area contributed by atoms with Gasteiger partial charge in [0.25, 0.3) is 0 Å². The first kappa shape index (κ1) is 16.0. The maximum absolute atomic E-state index is 12.9. The van der Waals surface area contributed by atoms with Gasteiger partial charge >= 0.3 is 6.18 Å². The predicted octanol–water partition coefficient (Wildman–Crippen LogP) is 4.20. The summed E-state index contributed by atoms with van der Waals surface area (Å²) in [5, 5.41) is 11.1. The third-order valence-electron chi connectivity index (χ3n) is 4.01. The highest BCUT2D eigenvalue weighted by Gasteiger charge is 2.36. The maximum Gasteiger partial charge on any atom is 0.416 e. The average molecular weight is 325 g/mol. The highest BCUT2D eigenvalue weighted by Crippen LogP contribution is 2.43. The topological polar surface area (TPSA) is 51.0 Å². The van der Waals surface area contributed by atoms with E-state index in [1.54, 1.807) is 13.0 Å². The van der Waals surface area contributed by atoms with Gasteiger partial charge in [0, 0.05) is 13.0 Å². The van der Waals surface area contributed by atoms with Crippen LogP contribution < -0.4 is 5.32 Å². The molecule has 1 aliphatic rings. The van der Waals surface area contributed by atoms with Gasteiger partial charge in [0.05, 0.1) is 11.6 Å². The summed E-state index contributed by atoms with van der Waals surface area (Å²) in [6, 6.07) is 5.13. The Kier molecular flexibility index (Phi) is 4.14. The van der Waals surface area contributed by atoms with Crippen molar-refractivity contribution in [3.05, 3.63) is 47.2 Å². The molecule has 1 saturated carbocycles. The van der Waals surface area contributed by atoms with Crippen LogP contribution in [0.15, 0.2) is 28.7 Å². The molecule has 0 spiro atoms. The number of nitrogens with one attached hydrogen (secondary N) is 1. The molecule has 1 aromatic carbocycles. The molecule has 1 aromatic heterocycles. The summed E-state index contributed by atoms with van der Waals surface area (Å²) in [5.74, 6) is 1.25. The second kappa shape index (κ2) is 5.96. The van der Waals surface area contributed by atoms with Crippen LogP contribution >= 0.6 is 0 Å². The molecular weight excluding hydrogens is 307 g/mol. The zero-order chi connectivity index (χ0) is 16.6. The Labute approximate surface area is 132 Å². The summed E-state index contributed by atoms with van der Waals surface area (Å²) in [7, 11) is 0. The smallest absolute Gasteiger partial charge is 0.416 e. The van der Waals surface area contributed by atoms with E-state index in [4.69, 9.17) is 4.42 Å². The van der Waals surface area contributed by atoms with Gasteiger partial charge in [-0.15, -0.1) is 10.2 Å². The predicted molar refractivity (Wildman–Crippen MR) is 77.5 cm³/mol. The minimum absolute atomic E-state index is 0.153. The first-order chi connectivity index (χ1) is 10.8. The highest BCUT2D eigenvalue weighted by atomic mass is 19.4. The van der Waals surface area contributed by atoms with Crippen LogP contribution in [0.5, 0.6) is 0 Å². The molecule has 0 aliphatic heterocycles. The number of hydrogen-bond acceptors (Lipinski definition) is 4. The lowest BCUT2D eigenvalue weighted by atomic mass is 9.99. The Morgan fingerprint density at radius 1 is 1.26 bits per heavy atom.